The molecule has 1 aromatic rings. The predicted molar refractivity (Wildman–Crippen MR) is 74.3 cm³/mol. The quantitative estimate of drug-likeness (QED) is 0.861. The molecule has 0 aromatic carbocycles. The largest absolute Gasteiger partial charge is 0.433 e. The topological polar surface area (TPSA) is 51.2 Å². The van der Waals surface area contributed by atoms with Crippen LogP contribution < -0.4 is 5.32 Å². The predicted octanol–water partition coefficient (Wildman–Crippen LogP) is 3.36. The zero-order valence-corrected chi connectivity index (χ0v) is 12.7. The average molecular weight is 337 g/mol. The van der Waals surface area contributed by atoms with Crippen LogP contribution in [0.15, 0.2) is 12.1 Å². The lowest BCUT2D eigenvalue weighted by molar-refractivity contribution is -0.141. The van der Waals surface area contributed by atoms with Gasteiger partial charge in [0.2, 0.25) is 5.91 Å². The number of amides is 1. The number of rotatable bonds is 3. The molecule has 22 heavy (non-hydrogen) atoms. The molecule has 2 heterocycles. The minimum Gasteiger partial charge on any atom is -0.381 e. The van der Waals surface area contributed by atoms with Gasteiger partial charge in [-0.1, -0.05) is 17.7 Å². The number of carbonyl (C=O) groups is 1. The molecule has 1 N–H and O–H groups in total. The van der Waals surface area contributed by atoms with E-state index in [2.05, 4.69) is 10.3 Å². The fraction of sp³-hybridized carbons (Fsp3) is 0.571. The fourth-order valence-electron chi connectivity index (χ4n) is 2.28. The van der Waals surface area contributed by atoms with Gasteiger partial charge in [-0.05, 0) is 25.8 Å². The Morgan fingerprint density at radius 3 is 2.77 bits per heavy atom. The molecular weight excluding hydrogens is 321 g/mol. The number of hydrogen-bond donors (Lipinski definition) is 1. The molecule has 1 aliphatic rings. The molecule has 4 nitrogen and oxygen atoms in total. The number of pyridine rings is 1. The summed E-state index contributed by atoms with van der Waals surface area (Å²) in [4.78, 5) is 15.4. The highest BCUT2D eigenvalue weighted by Gasteiger charge is 2.33. The third kappa shape index (κ3) is 4.10. The Hall–Kier alpha value is -1.34. The van der Waals surface area contributed by atoms with E-state index in [4.69, 9.17) is 16.3 Å². The van der Waals surface area contributed by atoms with Crippen molar-refractivity contribution in [1.29, 1.82) is 0 Å². The van der Waals surface area contributed by atoms with E-state index in [1.54, 1.807) is 6.92 Å². The number of nitrogens with zero attached hydrogens (tertiary/aromatic N) is 1. The van der Waals surface area contributed by atoms with Crippen LogP contribution in [0.25, 0.3) is 0 Å². The first-order valence-corrected chi connectivity index (χ1v) is 7.28. The van der Waals surface area contributed by atoms with E-state index < -0.39 is 17.9 Å². The monoisotopic (exact) mass is 336 g/mol. The fourth-order valence-corrected chi connectivity index (χ4v) is 2.60. The zero-order valence-electron chi connectivity index (χ0n) is 11.9. The standard InChI is InChI=1S/C14H16ClF3N2O2/c1-8(19-13(21)9-3-2-6-22-7-9)10-4-5-11(14(16,17)18)20-12(10)15/h4-5,8-9H,2-3,6-7H2,1H3,(H,19,21)/t8-,9-/m0/s1. The molecule has 1 saturated heterocycles. The molecule has 0 aliphatic carbocycles. The van der Waals surface area contributed by atoms with Crippen LogP contribution in [0, 0.1) is 5.92 Å². The van der Waals surface area contributed by atoms with Crippen LogP contribution >= 0.6 is 11.6 Å². The van der Waals surface area contributed by atoms with Crippen molar-refractivity contribution in [3.63, 3.8) is 0 Å². The second-order valence-electron chi connectivity index (χ2n) is 5.22. The molecule has 1 fully saturated rings. The van der Waals surface area contributed by atoms with Crippen molar-refractivity contribution in [2.24, 2.45) is 5.92 Å². The first kappa shape index (κ1) is 17.0. The van der Waals surface area contributed by atoms with Crippen LogP contribution in [0.5, 0.6) is 0 Å². The molecule has 0 unspecified atom stereocenters. The van der Waals surface area contributed by atoms with Gasteiger partial charge in [-0.3, -0.25) is 4.79 Å². The Kier molecular flexibility index (Phi) is 5.28. The van der Waals surface area contributed by atoms with Gasteiger partial charge < -0.3 is 10.1 Å². The number of halogens is 4. The van der Waals surface area contributed by atoms with Crippen molar-refractivity contribution in [2.75, 3.05) is 13.2 Å². The van der Waals surface area contributed by atoms with Gasteiger partial charge in [0.05, 0.1) is 18.6 Å². The highest BCUT2D eigenvalue weighted by molar-refractivity contribution is 6.30. The van der Waals surface area contributed by atoms with Gasteiger partial charge in [-0.15, -0.1) is 0 Å². The number of carbonyl (C=O) groups excluding carboxylic acids is 1. The average Bonchev–Trinajstić information content (AvgIpc) is 2.46. The summed E-state index contributed by atoms with van der Waals surface area (Å²) >= 11 is 5.81. The smallest absolute Gasteiger partial charge is 0.381 e. The zero-order chi connectivity index (χ0) is 16.3. The Morgan fingerprint density at radius 1 is 1.50 bits per heavy atom. The van der Waals surface area contributed by atoms with Crippen molar-refractivity contribution >= 4 is 17.5 Å². The normalized spacial score (nSPS) is 20.5. The third-order valence-electron chi connectivity index (χ3n) is 3.52. The van der Waals surface area contributed by atoms with Crippen molar-refractivity contribution in [1.82, 2.24) is 10.3 Å². The molecule has 2 rings (SSSR count). The number of aromatic nitrogens is 1. The molecule has 0 bridgehead atoms. The SMILES string of the molecule is C[C@H](NC(=O)[C@H]1CCCOC1)c1ccc(C(F)(F)F)nc1Cl. The highest BCUT2D eigenvalue weighted by atomic mass is 35.5. The Bertz CT molecular complexity index is 545. The van der Waals surface area contributed by atoms with Gasteiger partial charge in [-0.25, -0.2) is 4.98 Å². The lowest BCUT2D eigenvalue weighted by atomic mass is 10.0. The van der Waals surface area contributed by atoms with E-state index >= 15 is 0 Å². The van der Waals surface area contributed by atoms with Gasteiger partial charge in [-0.2, -0.15) is 13.2 Å². The summed E-state index contributed by atoms with van der Waals surface area (Å²) in [5.41, 5.74) is -0.708. The van der Waals surface area contributed by atoms with Crippen molar-refractivity contribution in [3.05, 3.63) is 28.5 Å². The number of alkyl halides is 3. The summed E-state index contributed by atoms with van der Waals surface area (Å²) in [7, 11) is 0. The Labute approximate surface area is 131 Å². The molecule has 0 radical (unpaired) electrons. The summed E-state index contributed by atoms with van der Waals surface area (Å²) in [6.45, 7) is 2.66. The van der Waals surface area contributed by atoms with E-state index in [-0.39, 0.29) is 17.0 Å². The minimum atomic E-state index is -4.55. The Balaban J connectivity index is 2.06. The molecule has 8 heteroatoms. The molecule has 1 aliphatic heterocycles. The summed E-state index contributed by atoms with van der Waals surface area (Å²) in [6.07, 6.45) is -3.00. The van der Waals surface area contributed by atoms with E-state index in [0.29, 0.717) is 18.8 Å². The van der Waals surface area contributed by atoms with Gasteiger partial charge in [0, 0.05) is 12.2 Å². The Morgan fingerprint density at radius 2 is 2.23 bits per heavy atom. The molecule has 0 spiro atoms. The summed E-state index contributed by atoms with van der Waals surface area (Å²) in [5, 5.41) is 2.48. The summed E-state index contributed by atoms with van der Waals surface area (Å²) in [6, 6.07) is 1.56. The third-order valence-corrected chi connectivity index (χ3v) is 3.83. The molecule has 2 atom stereocenters. The van der Waals surface area contributed by atoms with Crippen LogP contribution in [0.3, 0.4) is 0 Å². The van der Waals surface area contributed by atoms with E-state index in [0.717, 1.165) is 18.9 Å². The van der Waals surface area contributed by atoms with Crippen LogP contribution in [0.1, 0.15) is 37.1 Å². The first-order valence-electron chi connectivity index (χ1n) is 6.91. The van der Waals surface area contributed by atoms with Crippen LogP contribution in [0.4, 0.5) is 13.2 Å². The number of nitrogens with one attached hydrogen (secondary N) is 1. The molecule has 122 valence electrons. The molecule has 0 saturated carbocycles. The van der Waals surface area contributed by atoms with Crippen molar-refractivity contribution in [3.8, 4) is 0 Å². The molecule has 1 aromatic heterocycles. The first-order chi connectivity index (χ1) is 10.3. The molecule has 1 amide bonds. The number of hydrogen-bond acceptors (Lipinski definition) is 3. The van der Waals surface area contributed by atoms with Crippen molar-refractivity contribution in [2.45, 2.75) is 32.0 Å². The summed E-state index contributed by atoms with van der Waals surface area (Å²) in [5.74, 6) is -0.430. The maximum absolute atomic E-state index is 12.5. The van der Waals surface area contributed by atoms with Gasteiger partial charge in [0.1, 0.15) is 10.8 Å². The van der Waals surface area contributed by atoms with E-state index in [9.17, 15) is 18.0 Å². The minimum absolute atomic E-state index is 0.192. The van der Waals surface area contributed by atoms with E-state index in [1.165, 1.54) is 6.07 Å². The highest BCUT2D eigenvalue weighted by Crippen LogP contribution is 2.31. The van der Waals surface area contributed by atoms with E-state index in [1.807, 2.05) is 0 Å². The maximum atomic E-state index is 12.5. The van der Waals surface area contributed by atoms with Gasteiger partial charge in [0.25, 0.3) is 0 Å². The van der Waals surface area contributed by atoms with Gasteiger partial charge in [0.15, 0.2) is 0 Å². The van der Waals surface area contributed by atoms with Crippen LogP contribution in [0.2, 0.25) is 5.15 Å². The second-order valence-corrected chi connectivity index (χ2v) is 5.58. The van der Waals surface area contributed by atoms with Crippen LogP contribution in [-0.4, -0.2) is 24.1 Å². The molecular formula is C14H16ClF3N2O2. The second kappa shape index (κ2) is 6.83. The number of ether oxygens (including phenoxy) is 1. The van der Waals surface area contributed by atoms with Crippen LogP contribution in [-0.2, 0) is 15.7 Å². The van der Waals surface area contributed by atoms with Crippen molar-refractivity contribution < 1.29 is 22.7 Å². The van der Waals surface area contributed by atoms with Gasteiger partial charge >= 0.3 is 6.18 Å². The maximum Gasteiger partial charge on any atom is 0.433 e. The summed E-state index contributed by atoms with van der Waals surface area (Å²) < 4.78 is 42.9. The lowest BCUT2D eigenvalue weighted by Gasteiger charge is -2.24. The lowest BCUT2D eigenvalue weighted by Crippen LogP contribution is -2.37.